The van der Waals surface area contributed by atoms with Gasteiger partial charge >= 0.3 is 0 Å². The summed E-state index contributed by atoms with van der Waals surface area (Å²) in [5.41, 5.74) is 1.15. The molecule has 0 aromatic heterocycles. The Bertz CT molecular complexity index is 551. The predicted molar refractivity (Wildman–Crippen MR) is 81.0 cm³/mol. The van der Waals surface area contributed by atoms with Crippen molar-refractivity contribution in [1.29, 1.82) is 0 Å². The van der Waals surface area contributed by atoms with E-state index in [-0.39, 0.29) is 0 Å². The number of rotatable bonds is 5. The van der Waals surface area contributed by atoms with Crippen molar-refractivity contribution in [3.8, 4) is 0 Å². The van der Waals surface area contributed by atoms with Crippen LogP contribution >= 0.6 is 0 Å². The van der Waals surface area contributed by atoms with Gasteiger partial charge in [-0.3, -0.25) is 0 Å². The summed E-state index contributed by atoms with van der Waals surface area (Å²) in [7, 11) is 0.756. The molecule has 2 rings (SSSR count). The molecule has 1 atom stereocenters. The number of nitrogens with zero attached hydrogens (tertiary/aromatic N) is 1. The highest BCUT2D eigenvalue weighted by atomic mass is 32.2. The van der Waals surface area contributed by atoms with Crippen molar-refractivity contribution in [2.24, 2.45) is 0 Å². The van der Waals surface area contributed by atoms with Crippen molar-refractivity contribution in [3.05, 3.63) is 72.3 Å². The van der Waals surface area contributed by atoms with Gasteiger partial charge in [-0.2, -0.15) is 0 Å². The van der Waals surface area contributed by atoms with Crippen LogP contribution in [0.4, 0.5) is 0 Å². The molecule has 2 nitrogen and oxygen atoms in total. The van der Waals surface area contributed by atoms with Gasteiger partial charge in [0.1, 0.15) is 11.0 Å². The summed E-state index contributed by atoms with van der Waals surface area (Å²) in [6.07, 6.45) is 4.06. The zero-order valence-electron chi connectivity index (χ0n) is 10.9. The van der Waals surface area contributed by atoms with Crippen LogP contribution in [0.15, 0.2) is 71.6 Å². The van der Waals surface area contributed by atoms with Crippen LogP contribution in [0.2, 0.25) is 0 Å². The largest absolute Gasteiger partial charge is 0.237 e. The Morgan fingerprint density at radius 1 is 1.00 bits per heavy atom. The Morgan fingerprint density at radius 2 is 1.58 bits per heavy atom. The highest BCUT2D eigenvalue weighted by Crippen LogP contribution is 2.09. The Kier molecular flexibility index (Phi) is 5.07. The first-order valence-corrected chi connectivity index (χ1v) is 7.28. The molecular weight excluding hydrogens is 254 g/mol. The first-order chi connectivity index (χ1) is 9.27. The van der Waals surface area contributed by atoms with E-state index in [1.807, 2.05) is 84.2 Å². The summed E-state index contributed by atoms with van der Waals surface area (Å²) in [5, 5.41) is 0. The third-order valence-corrected chi connectivity index (χ3v) is 4.09. The lowest BCUT2D eigenvalue weighted by Gasteiger charge is -2.13. The van der Waals surface area contributed by atoms with E-state index >= 15 is 0 Å². The Balaban J connectivity index is 1.93. The van der Waals surface area contributed by atoms with E-state index in [0.29, 0.717) is 6.54 Å². The molecule has 0 aliphatic rings. The van der Waals surface area contributed by atoms with Crippen LogP contribution in [-0.2, 0) is 11.0 Å². The fourth-order valence-electron chi connectivity index (χ4n) is 1.69. The Labute approximate surface area is 117 Å². The van der Waals surface area contributed by atoms with Gasteiger partial charge in [0.25, 0.3) is 0 Å². The van der Waals surface area contributed by atoms with Crippen LogP contribution in [0.3, 0.4) is 0 Å². The smallest absolute Gasteiger partial charge is 0.127 e. The van der Waals surface area contributed by atoms with Crippen LogP contribution in [-0.4, -0.2) is 22.1 Å². The van der Waals surface area contributed by atoms with Gasteiger partial charge in [0.2, 0.25) is 0 Å². The summed E-state index contributed by atoms with van der Waals surface area (Å²) in [5.74, 6) is 0. The van der Waals surface area contributed by atoms with Crippen molar-refractivity contribution in [2.45, 2.75) is 4.90 Å². The Hall–Kier alpha value is -1.71. The topological polar surface area (TPSA) is 20.3 Å². The number of likely N-dealkylation sites (N-methyl/N-ethyl adjacent to an activating group) is 1. The van der Waals surface area contributed by atoms with Gasteiger partial charge in [-0.15, -0.1) is 0 Å². The van der Waals surface area contributed by atoms with Crippen molar-refractivity contribution >= 4 is 17.1 Å². The van der Waals surface area contributed by atoms with Crippen LogP contribution in [0.5, 0.6) is 0 Å². The molecule has 0 bridgehead atoms. The molecule has 2 aromatic carbocycles. The molecule has 0 saturated heterocycles. The molecule has 0 fully saturated rings. The number of hydrogen-bond donors (Lipinski definition) is 0. The molecule has 0 radical (unpaired) electrons. The summed E-state index contributed by atoms with van der Waals surface area (Å²) < 4.78 is 14.0. The fourth-order valence-corrected chi connectivity index (χ4v) is 2.66. The average Bonchev–Trinajstić information content (AvgIpc) is 2.48. The van der Waals surface area contributed by atoms with Gasteiger partial charge in [0.15, 0.2) is 0 Å². The minimum Gasteiger partial charge on any atom is -0.237 e. The molecule has 0 N–H and O–H groups in total. The lowest BCUT2D eigenvalue weighted by molar-refractivity contribution is 0.569. The van der Waals surface area contributed by atoms with Gasteiger partial charge in [-0.25, -0.2) is 8.51 Å². The molecule has 0 aliphatic heterocycles. The molecule has 2 aromatic rings. The number of hydrogen-bond acceptors (Lipinski definition) is 1. The highest BCUT2D eigenvalue weighted by molar-refractivity contribution is 7.82. The first kappa shape index (κ1) is 13.7. The minimum atomic E-state index is -1.10. The third kappa shape index (κ3) is 4.16. The molecular formula is C16H17NOS. The summed E-state index contributed by atoms with van der Waals surface area (Å²) in [6, 6.07) is 19.6. The molecule has 98 valence electrons. The van der Waals surface area contributed by atoms with E-state index in [4.69, 9.17) is 0 Å². The average molecular weight is 271 g/mol. The molecule has 0 aliphatic carbocycles. The van der Waals surface area contributed by atoms with Gasteiger partial charge in [0, 0.05) is 13.6 Å². The van der Waals surface area contributed by atoms with Gasteiger partial charge in [-0.1, -0.05) is 60.7 Å². The molecule has 0 saturated carbocycles. The summed E-state index contributed by atoms with van der Waals surface area (Å²) in [6.45, 7) is 0.649. The van der Waals surface area contributed by atoms with E-state index in [9.17, 15) is 4.21 Å². The van der Waals surface area contributed by atoms with E-state index in [1.165, 1.54) is 0 Å². The SMILES string of the molecule is CN(C/C=C/c1ccccc1)[S@@](=O)c1ccccc1. The lowest BCUT2D eigenvalue weighted by Crippen LogP contribution is -2.21. The van der Waals surface area contributed by atoms with E-state index < -0.39 is 11.0 Å². The normalized spacial score (nSPS) is 12.9. The molecule has 0 heterocycles. The molecule has 0 spiro atoms. The fraction of sp³-hybridized carbons (Fsp3) is 0.125. The van der Waals surface area contributed by atoms with E-state index in [0.717, 1.165) is 10.5 Å². The molecule has 0 amide bonds. The van der Waals surface area contributed by atoms with Crippen LogP contribution in [0.1, 0.15) is 5.56 Å². The quantitative estimate of drug-likeness (QED) is 0.816. The third-order valence-electron chi connectivity index (χ3n) is 2.70. The van der Waals surface area contributed by atoms with E-state index in [2.05, 4.69) is 0 Å². The molecule has 0 unspecified atom stereocenters. The van der Waals surface area contributed by atoms with Crippen molar-refractivity contribution in [1.82, 2.24) is 4.31 Å². The first-order valence-electron chi connectivity index (χ1n) is 6.17. The second-order valence-electron chi connectivity index (χ2n) is 4.19. The van der Waals surface area contributed by atoms with Gasteiger partial charge < -0.3 is 0 Å². The van der Waals surface area contributed by atoms with Gasteiger partial charge in [0.05, 0.1) is 4.90 Å². The number of benzene rings is 2. The standard InChI is InChI=1S/C16H17NOS/c1-17(19(18)16-12-6-3-7-13-16)14-8-11-15-9-4-2-5-10-15/h2-13H,14H2,1H3/b11-8+/t19-/m0/s1. The second kappa shape index (κ2) is 7.02. The zero-order chi connectivity index (χ0) is 13.5. The second-order valence-corrected chi connectivity index (χ2v) is 5.78. The maximum absolute atomic E-state index is 12.2. The lowest BCUT2D eigenvalue weighted by atomic mass is 10.2. The monoisotopic (exact) mass is 271 g/mol. The summed E-state index contributed by atoms with van der Waals surface area (Å²) >= 11 is 0. The van der Waals surface area contributed by atoms with Crippen LogP contribution in [0, 0.1) is 0 Å². The predicted octanol–water partition coefficient (Wildman–Crippen LogP) is 3.35. The minimum absolute atomic E-state index is 0.649. The van der Waals surface area contributed by atoms with Crippen LogP contribution < -0.4 is 0 Å². The summed E-state index contributed by atoms with van der Waals surface area (Å²) in [4.78, 5) is 0.832. The Morgan fingerprint density at radius 3 is 2.21 bits per heavy atom. The zero-order valence-corrected chi connectivity index (χ0v) is 11.7. The maximum atomic E-state index is 12.2. The van der Waals surface area contributed by atoms with Crippen molar-refractivity contribution in [2.75, 3.05) is 13.6 Å². The molecule has 3 heteroatoms. The maximum Gasteiger partial charge on any atom is 0.127 e. The molecule has 19 heavy (non-hydrogen) atoms. The highest BCUT2D eigenvalue weighted by Gasteiger charge is 2.07. The van der Waals surface area contributed by atoms with Crippen molar-refractivity contribution in [3.63, 3.8) is 0 Å². The van der Waals surface area contributed by atoms with Crippen molar-refractivity contribution < 1.29 is 4.21 Å². The van der Waals surface area contributed by atoms with Crippen LogP contribution in [0.25, 0.3) is 6.08 Å². The van der Waals surface area contributed by atoms with E-state index in [1.54, 1.807) is 0 Å². The van der Waals surface area contributed by atoms with Gasteiger partial charge in [-0.05, 0) is 17.7 Å².